The number of carbonyl (C=O) groups is 1. The van der Waals surface area contributed by atoms with E-state index in [1.165, 1.54) is 16.7 Å². The number of carbonyl (C=O) groups excluding carboxylic acids is 1. The Morgan fingerprint density at radius 2 is 2.03 bits per heavy atom. The summed E-state index contributed by atoms with van der Waals surface area (Å²) in [5.74, 6) is 0.501. The van der Waals surface area contributed by atoms with E-state index in [4.69, 9.17) is 16.6 Å². The number of benzene rings is 2. The molecule has 7 nitrogen and oxygen atoms in total. The summed E-state index contributed by atoms with van der Waals surface area (Å²) in [6, 6.07) is 10.1. The third-order valence-corrected chi connectivity index (χ3v) is 5.37. The molecule has 1 aromatic heterocycles. The van der Waals surface area contributed by atoms with Crippen LogP contribution in [0.5, 0.6) is 0 Å². The molecule has 11 heteroatoms. The number of alkyl halides is 3. The molecule has 1 aliphatic heterocycles. The molecule has 1 atom stereocenters. The zero-order chi connectivity index (χ0) is 22.9. The SMILES string of the molecule is O=C(NCC(F)(F)F)Nc1cccc(-n2c(C3CCCN3)nc3cccc(Cl)c3c2=O)c1. The van der Waals surface area contributed by atoms with Crippen LogP contribution in [0.15, 0.2) is 47.3 Å². The van der Waals surface area contributed by atoms with Crippen molar-refractivity contribution in [3.05, 3.63) is 63.7 Å². The maximum absolute atomic E-state index is 13.5. The lowest BCUT2D eigenvalue weighted by Gasteiger charge is -2.19. The van der Waals surface area contributed by atoms with E-state index in [9.17, 15) is 22.8 Å². The molecule has 0 aliphatic carbocycles. The fourth-order valence-corrected chi connectivity index (χ4v) is 3.92. The number of urea groups is 1. The summed E-state index contributed by atoms with van der Waals surface area (Å²) in [6.07, 6.45) is -2.81. The van der Waals surface area contributed by atoms with Gasteiger partial charge in [0.2, 0.25) is 0 Å². The van der Waals surface area contributed by atoms with Gasteiger partial charge in [0.15, 0.2) is 0 Å². The Hall–Kier alpha value is -3.11. The number of aromatic nitrogens is 2. The van der Waals surface area contributed by atoms with E-state index in [-0.39, 0.29) is 27.7 Å². The van der Waals surface area contributed by atoms with Gasteiger partial charge in [0, 0.05) is 5.69 Å². The number of nitrogens with zero attached hydrogens (tertiary/aromatic N) is 2. The summed E-state index contributed by atoms with van der Waals surface area (Å²) in [6.45, 7) is -0.669. The Morgan fingerprint density at radius 1 is 1.25 bits per heavy atom. The lowest BCUT2D eigenvalue weighted by molar-refractivity contribution is -0.122. The zero-order valence-electron chi connectivity index (χ0n) is 16.7. The van der Waals surface area contributed by atoms with Crippen LogP contribution in [0.25, 0.3) is 16.6 Å². The molecule has 168 valence electrons. The molecule has 2 aromatic carbocycles. The second-order valence-corrected chi connectivity index (χ2v) is 7.77. The number of fused-ring (bicyclic) bond motifs is 1. The largest absolute Gasteiger partial charge is 0.405 e. The van der Waals surface area contributed by atoms with Gasteiger partial charge in [-0.05, 0) is 49.7 Å². The number of rotatable bonds is 4. The average molecular weight is 466 g/mol. The van der Waals surface area contributed by atoms with Gasteiger partial charge < -0.3 is 16.0 Å². The van der Waals surface area contributed by atoms with Crippen molar-refractivity contribution < 1.29 is 18.0 Å². The Labute approximate surface area is 185 Å². The molecular weight excluding hydrogens is 447 g/mol. The van der Waals surface area contributed by atoms with Crippen molar-refractivity contribution in [1.29, 1.82) is 0 Å². The first kappa shape index (κ1) is 22.1. The van der Waals surface area contributed by atoms with Gasteiger partial charge in [0.05, 0.1) is 27.7 Å². The number of halogens is 4. The number of nitrogens with one attached hydrogen (secondary N) is 3. The zero-order valence-corrected chi connectivity index (χ0v) is 17.4. The minimum absolute atomic E-state index is 0.155. The summed E-state index contributed by atoms with van der Waals surface area (Å²) in [5.41, 5.74) is 0.728. The number of amides is 2. The van der Waals surface area contributed by atoms with Crippen molar-refractivity contribution in [1.82, 2.24) is 20.2 Å². The van der Waals surface area contributed by atoms with Crippen LogP contribution in [0.2, 0.25) is 5.02 Å². The minimum Gasteiger partial charge on any atom is -0.329 e. The Morgan fingerprint density at radius 3 is 2.75 bits per heavy atom. The molecule has 2 heterocycles. The molecule has 0 saturated carbocycles. The molecule has 0 radical (unpaired) electrons. The molecule has 3 aromatic rings. The fourth-order valence-electron chi connectivity index (χ4n) is 3.67. The van der Waals surface area contributed by atoms with Crippen LogP contribution >= 0.6 is 11.6 Å². The van der Waals surface area contributed by atoms with E-state index in [1.807, 2.05) is 0 Å². The van der Waals surface area contributed by atoms with Gasteiger partial charge in [-0.15, -0.1) is 0 Å². The van der Waals surface area contributed by atoms with Gasteiger partial charge in [-0.3, -0.25) is 9.36 Å². The van der Waals surface area contributed by atoms with Gasteiger partial charge in [0.1, 0.15) is 12.4 Å². The van der Waals surface area contributed by atoms with Crippen LogP contribution in [0.3, 0.4) is 0 Å². The maximum Gasteiger partial charge on any atom is 0.405 e. The molecule has 0 bridgehead atoms. The van der Waals surface area contributed by atoms with E-state index < -0.39 is 18.8 Å². The third kappa shape index (κ3) is 4.71. The topological polar surface area (TPSA) is 88.1 Å². The first-order valence-corrected chi connectivity index (χ1v) is 10.3. The second-order valence-electron chi connectivity index (χ2n) is 7.37. The summed E-state index contributed by atoms with van der Waals surface area (Å²) in [5, 5.41) is 7.95. The van der Waals surface area contributed by atoms with Crippen molar-refractivity contribution in [3.63, 3.8) is 0 Å². The molecule has 1 fully saturated rings. The second kappa shape index (κ2) is 8.79. The van der Waals surface area contributed by atoms with Crippen molar-refractivity contribution >= 4 is 34.2 Å². The molecule has 1 saturated heterocycles. The summed E-state index contributed by atoms with van der Waals surface area (Å²) in [4.78, 5) is 30.0. The van der Waals surface area contributed by atoms with Gasteiger partial charge in [-0.25, -0.2) is 9.78 Å². The summed E-state index contributed by atoms with van der Waals surface area (Å²) < 4.78 is 38.4. The predicted molar refractivity (Wildman–Crippen MR) is 115 cm³/mol. The van der Waals surface area contributed by atoms with E-state index in [0.29, 0.717) is 17.0 Å². The highest BCUT2D eigenvalue weighted by atomic mass is 35.5. The van der Waals surface area contributed by atoms with Crippen LogP contribution in [0, 0.1) is 0 Å². The van der Waals surface area contributed by atoms with Crippen LogP contribution < -0.4 is 21.5 Å². The Kier molecular flexibility index (Phi) is 6.07. The highest BCUT2D eigenvalue weighted by molar-refractivity contribution is 6.35. The lowest BCUT2D eigenvalue weighted by atomic mass is 10.1. The third-order valence-electron chi connectivity index (χ3n) is 5.06. The highest BCUT2D eigenvalue weighted by Gasteiger charge is 2.28. The summed E-state index contributed by atoms with van der Waals surface area (Å²) >= 11 is 6.28. The van der Waals surface area contributed by atoms with Gasteiger partial charge in [-0.2, -0.15) is 13.2 Å². The average Bonchev–Trinajstić information content (AvgIpc) is 3.26. The standard InChI is InChI=1S/C21H19ClF3N5O2/c22-14-6-2-7-15-17(14)19(31)30(18(29-15)16-8-3-9-26-16)13-5-1-4-12(10-13)28-20(32)27-11-21(23,24)25/h1-2,4-7,10,16,26H,3,8-9,11H2,(H2,27,28,32). The van der Waals surface area contributed by atoms with Crippen LogP contribution in [-0.4, -0.2) is 34.8 Å². The molecule has 0 spiro atoms. The van der Waals surface area contributed by atoms with Crippen molar-refractivity contribution in [3.8, 4) is 5.69 Å². The molecule has 1 unspecified atom stereocenters. The van der Waals surface area contributed by atoms with Gasteiger partial charge in [0.25, 0.3) is 5.56 Å². The molecule has 4 rings (SSSR count). The lowest BCUT2D eigenvalue weighted by Crippen LogP contribution is -2.36. The van der Waals surface area contributed by atoms with E-state index in [2.05, 4.69) is 10.6 Å². The van der Waals surface area contributed by atoms with Crippen molar-refractivity contribution in [2.24, 2.45) is 0 Å². The van der Waals surface area contributed by atoms with Crippen molar-refractivity contribution in [2.45, 2.75) is 25.1 Å². The number of hydrogen-bond acceptors (Lipinski definition) is 4. The van der Waals surface area contributed by atoms with E-state index >= 15 is 0 Å². The van der Waals surface area contributed by atoms with Crippen LogP contribution in [-0.2, 0) is 0 Å². The minimum atomic E-state index is -4.52. The van der Waals surface area contributed by atoms with E-state index in [1.54, 1.807) is 35.6 Å². The fraction of sp³-hybridized carbons (Fsp3) is 0.286. The van der Waals surface area contributed by atoms with Crippen LogP contribution in [0.1, 0.15) is 24.7 Å². The van der Waals surface area contributed by atoms with Gasteiger partial charge >= 0.3 is 12.2 Å². The highest BCUT2D eigenvalue weighted by Crippen LogP contribution is 2.27. The monoisotopic (exact) mass is 465 g/mol. The number of hydrogen-bond donors (Lipinski definition) is 3. The first-order chi connectivity index (χ1) is 15.2. The number of anilines is 1. The molecule has 2 amide bonds. The molecule has 1 aliphatic rings. The quantitative estimate of drug-likeness (QED) is 0.540. The van der Waals surface area contributed by atoms with Crippen LogP contribution in [0.4, 0.5) is 23.7 Å². The maximum atomic E-state index is 13.5. The summed E-state index contributed by atoms with van der Waals surface area (Å²) in [7, 11) is 0. The van der Waals surface area contributed by atoms with Gasteiger partial charge in [-0.1, -0.05) is 23.7 Å². The first-order valence-electron chi connectivity index (χ1n) is 9.89. The Bertz CT molecular complexity index is 1220. The predicted octanol–water partition coefficient (Wildman–Crippen LogP) is 4.15. The Balaban J connectivity index is 1.76. The molecule has 32 heavy (non-hydrogen) atoms. The smallest absolute Gasteiger partial charge is 0.329 e. The van der Waals surface area contributed by atoms with E-state index in [0.717, 1.165) is 19.4 Å². The normalized spacial score (nSPS) is 16.3. The van der Waals surface area contributed by atoms with Crippen molar-refractivity contribution in [2.75, 3.05) is 18.4 Å². The molecule has 3 N–H and O–H groups in total. The molecular formula is C21H19ClF3N5O2.